The molecule has 5 atom stereocenters. The molecule has 4 aromatic rings. The lowest BCUT2D eigenvalue weighted by atomic mass is 9.93. The van der Waals surface area contributed by atoms with E-state index in [1.54, 1.807) is 30.3 Å². The Morgan fingerprint density at radius 2 is 1.74 bits per heavy atom. The molecule has 20 heteroatoms. The summed E-state index contributed by atoms with van der Waals surface area (Å²) in [7, 11) is 0. The Morgan fingerprint density at radius 3 is 2.48 bits per heavy atom. The van der Waals surface area contributed by atoms with Gasteiger partial charge in [-0.3, -0.25) is 9.47 Å². The average molecular weight is 783 g/mol. The highest BCUT2D eigenvalue weighted by molar-refractivity contribution is 6.28. The third kappa shape index (κ3) is 9.16. The summed E-state index contributed by atoms with van der Waals surface area (Å²) in [5, 5.41) is 10.7. The van der Waals surface area contributed by atoms with Gasteiger partial charge in [-0.1, -0.05) is 42.5 Å². The number of carbonyl (C=O) groups is 2. The molecule has 2 aliphatic rings. The number of hydrogen-bond donors (Lipinski definition) is 2. The van der Waals surface area contributed by atoms with Crippen molar-refractivity contribution in [1.29, 1.82) is 0 Å². The number of fused-ring (bicyclic) bond motifs is 1. The number of nitrogens with two attached hydrogens (primary N) is 1. The van der Waals surface area contributed by atoms with Gasteiger partial charge >= 0.3 is 18.3 Å². The van der Waals surface area contributed by atoms with Crippen LogP contribution >= 0.6 is 11.6 Å². The van der Waals surface area contributed by atoms with E-state index in [1.807, 2.05) is 4.90 Å². The number of esters is 2. The largest absolute Gasteiger partial charge is 0.573 e. The van der Waals surface area contributed by atoms with Gasteiger partial charge in [0.05, 0.1) is 26.1 Å². The van der Waals surface area contributed by atoms with Gasteiger partial charge in [-0.2, -0.15) is 9.97 Å². The van der Waals surface area contributed by atoms with Crippen LogP contribution in [0.3, 0.4) is 0 Å². The number of carbonyl (C=O) groups excluding carboxylic acids is 2. The first-order chi connectivity index (χ1) is 25.8. The van der Waals surface area contributed by atoms with E-state index in [1.165, 1.54) is 12.1 Å². The van der Waals surface area contributed by atoms with Crippen LogP contribution in [0.1, 0.15) is 17.4 Å². The lowest BCUT2D eigenvalue weighted by molar-refractivity contribution is -0.274. The van der Waals surface area contributed by atoms with Crippen LogP contribution in [0.15, 0.2) is 60.9 Å². The minimum absolute atomic E-state index is 0.00226. The van der Waals surface area contributed by atoms with Crippen LogP contribution < -0.4 is 10.5 Å². The van der Waals surface area contributed by atoms with E-state index in [4.69, 9.17) is 41.0 Å². The molecule has 290 valence electrons. The molecule has 2 aromatic heterocycles. The molecule has 54 heavy (non-hydrogen) atoms. The van der Waals surface area contributed by atoms with Gasteiger partial charge in [0, 0.05) is 26.1 Å². The van der Waals surface area contributed by atoms with Gasteiger partial charge in [-0.15, -0.1) is 13.2 Å². The molecule has 2 unspecified atom stereocenters. The Kier molecular flexibility index (Phi) is 12.1. The standard InChI is InChI=1S/C34H35ClF4N6O9/c35-32-42-27(40)25-28(43-32)45(19-41-25)29-24(36)26(46)23(53-29)18-52-33(31(48)51-17-20-5-2-1-3-6-20,30(47)50-14-11-44-9-12-49-13-10-44)16-21-7-4-8-22(15-21)54-34(37,38)39/h1-8,15,19,23-24,26,29,46H,9-14,16-18H2,(H2,40,42,43)/t23-,24+,26-,29?,33?/m1/s1. The molecule has 0 amide bonds. The third-order valence-corrected chi connectivity index (χ3v) is 8.85. The zero-order valence-electron chi connectivity index (χ0n) is 28.4. The Hall–Kier alpha value is -4.66. The lowest BCUT2D eigenvalue weighted by Crippen LogP contribution is -2.55. The molecule has 0 saturated carbocycles. The minimum atomic E-state index is -5.04. The van der Waals surface area contributed by atoms with Gasteiger partial charge in [-0.05, 0) is 34.9 Å². The first-order valence-electron chi connectivity index (χ1n) is 16.6. The quantitative estimate of drug-likeness (QED) is 0.0824. The number of hydrogen-bond acceptors (Lipinski definition) is 14. The number of imidazole rings is 1. The number of nitrogens with zero attached hydrogens (tertiary/aromatic N) is 5. The molecule has 4 heterocycles. The maximum Gasteiger partial charge on any atom is 0.573 e. The summed E-state index contributed by atoms with van der Waals surface area (Å²) in [5.41, 5.74) is 3.77. The van der Waals surface area contributed by atoms with Crippen molar-refractivity contribution in [2.24, 2.45) is 0 Å². The van der Waals surface area contributed by atoms with Gasteiger partial charge in [0.25, 0.3) is 5.60 Å². The minimum Gasteiger partial charge on any atom is -0.462 e. The first kappa shape index (κ1) is 39.0. The van der Waals surface area contributed by atoms with E-state index in [2.05, 4.69) is 19.7 Å². The molecule has 0 spiro atoms. The van der Waals surface area contributed by atoms with Crippen LogP contribution in [0.4, 0.5) is 23.4 Å². The second-order valence-electron chi connectivity index (χ2n) is 12.4. The summed E-state index contributed by atoms with van der Waals surface area (Å²) in [6.45, 7) is 0.949. The van der Waals surface area contributed by atoms with Crippen molar-refractivity contribution < 1.29 is 60.7 Å². The first-order valence-corrected chi connectivity index (χ1v) is 17.0. The number of ether oxygens (including phenoxy) is 6. The number of anilines is 1. The lowest BCUT2D eigenvalue weighted by Gasteiger charge is -2.32. The number of benzene rings is 2. The Balaban J connectivity index is 1.30. The van der Waals surface area contributed by atoms with Crippen molar-refractivity contribution in [2.75, 3.05) is 51.8 Å². The molecule has 15 nitrogen and oxygen atoms in total. The van der Waals surface area contributed by atoms with Crippen LogP contribution in [0, 0.1) is 0 Å². The molecule has 2 saturated heterocycles. The molecular formula is C34H35ClF4N6O9. The van der Waals surface area contributed by atoms with E-state index in [0.29, 0.717) is 31.9 Å². The van der Waals surface area contributed by atoms with E-state index < -0.39 is 67.3 Å². The third-order valence-electron chi connectivity index (χ3n) is 8.68. The highest BCUT2D eigenvalue weighted by Crippen LogP contribution is 2.36. The van der Waals surface area contributed by atoms with Gasteiger partial charge in [0.2, 0.25) is 5.28 Å². The fourth-order valence-corrected chi connectivity index (χ4v) is 6.14. The number of morpholine rings is 1. The summed E-state index contributed by atoms with van der Waals surface area (Å²) in [4.78, 5) is 42.2. The van der Waals surface area contributed by atoms with Gasteiger partial charge in [0.15, 0.2) is 23.9 Å². The highest BCUT2D eigenvalue weighted by atomic mass is 35.5. The average Bonchev–Trinajstić information content (AvgIpc) is 3.68. The second kappa shape index (κ2) is 16.8. The fourth-order valence-electron chi connectivity index (χ4n) is 5.97. The molecule has 2 aromatic carbocycles. The highest BCUT2D eigenvalue weighted by Gasteiger charge is 2.54. The van der Waals surface area contributed by atoms with Crippen LogP contribution in [0.2, 0.25) is 5.28 Å². The molecule has 3 N–H and O–H groups in total. The SMILES string of the molecule is Nc1nc(Cl)nc2c1ncn2C1O[C@H](COC(Cc2cccc(OC(F)(F)F)c2)(C(=O)OCCN2CCOCC2)C(=O)OCc2ccccc2)[C@@H](O)[C@@H]1F. The Bertz CT molecular complexity index is 1920. The van der Waals surface area contributed by atoms with Crippen LogP contribution in [0.25, 0.3) is 11.2 Å². The van der Waals surface area contributed by atoms with Crippen molar-refractivity contribution >= 4 is 40.5 Å². The van der Waals surface area contributed by atoms with Gasteiger partial charge in [-0.25, -0.2) is 19.0 Å². The summed E-state index contributed by atoms with van der Waals surface area (Å²) in [6, 6.07) is 13.0. The number of rotatable bonds is 14. The van der Waals surface area contributed by atoms with Crippen LogP contribution in [0.5, 0.6) is 5.75 Å². The zero-order chi connectivity index (χ0) is 38.5. The van der Waals surface area contributed by atoms with E-state index >= 15 is 4.39 Å². The number of aliphatic hydroxyl groups excluding tert-OH is 1. The molecular weight excluding hydrogens is 748 g/mol. The Morgan fingerprint density at radius 1 is 1.02 bits per heavy atom. The summed E-state index contributed by atoms with van der Waals surface area (Å²) in [5.74, 6) is -3.25. The monoisotopic (exact) mass is 782 g/mol. The smallest absolute Gasteiger partial charge is 0.462 e. The van der Waals surface area contributed by atoms with E-state index in [0.717, 1.165) is 23.0 Å². The van der Waals surface area contributed by atoms with E-state index in [-0.39, 0.29) is 47.6 Å². The van der Waals surface area contributed by atoms with E-state index in [9.17, 15) is 27.9 Å². The number of alkyl halides is 4. The predicted octanol–water partition coefficient (Wildman–Crippen LogP) is 3.17. The normalized spacial score (nSPS) is 21.8. The van der Waals surface area contributed by atoms with Gasteiger partial charge < -0.3 is 39.3 Å². The summed E-state index contributed by atoms with van der Waals surface area (Å²) >= 11 is 5.96. The maximum atomic E-state index is 15.7. The number of halogens is 5. The molecule has 6 rings (SSSR count). The molecule has 2 fully saturated rings. The fraction of sp³-hybridized carbons (Fsp3) is 0.441. The number of aliphatic hydroxyl groups is 1. The predicted molar refractivity (Wildman–Crippen MR) is 180 cm³/mol. The van der Waals surface area contributed by atoms with Crippen molar-refractivity contribution in [2.45, 2.75) is 49.6 Å². The van der Waals surface area contributed by atoms with Crippen LogP contribution in [-0.2, 0) is 46.3 Å². The summed E-state index contributed by atoms with van der Waals surface area (Å²) in [6.07, 6.45) is -11.7. The zero-order valence-corrected chi connectivity index (χ0v) is 29.1. The molecule has 0 radical (unpaired) electrons. The maximum absolute atomic E-state index is 15.7. The summed E-state index contributed by atoms with van der Waals surface area (Å²) < 4.78 is 88.8. The molecule has 2 aliphatic heterocycles. The second-order valence-corrected chi connectivity index (χ2v) is 12.7. The van der Waals surface area contributed by atoms with Crippen molar-refractivity contribution in [1.82, 2.24) is 24.4 Å². The Labute approximate surface area is 309 Å². The number of aromatic nitrogens is 4. The van der Waals surface area contributed by atoms with Crippen molar-refractivity contribution in [3.05, 3.63) is 77.3 Å². The molecule has 0 aliphatic carbocycles. The van der Waals surface area contributed by atoms with Crippen molar-refractivity contribution in [3.63, 3.8) is 0 Å². The topological polar surface area (TPSA) is 183 Å². The van der Waals surface area contributed by atoms with Crippen molar-refractivity contribution in [3.8, 4) is 5.75 Å². The molecule has 0 bridgehead atoms. The van der Waals surface area contributed by atoms with Crippen LogP contribution in [-0.4, -0.2) is 118 Å². The van der Waals surface area contributed by atoms with Gasteiger partial charge in [0.1, 0.15) is 36.7 Å². The number of nitrogen functional groups attached to an aromatic ring is 1.